The number of hydrogen-bond donors (Lipinski definition) is 2. The SMILES string of the molecule is CCCC(=O)Nc1ccc(C(=O)[C@H](C)OC(=O)c2cccc(C)c2NC(C)=O)cc1. The van der Waals surface area contributed by atoms with Crippen LogP contribution in [0.3, 0.4) is 0 Å². The zero-order valence-electron chi connectivity index (χ0n) is 17.6. The summed E-state index contributed by atoms with van der Waals surface area (Å²) in [6.45, 7) is 6.52. The molecule has 0 aliphatic rings. The standard InChI is InChI=1S/C23H26N2O5/c1-5-7-20(27)25-18-12-10-17(11-13-18)22(28)15(3)30-23(29)19-9-6-8-14(2)21(19)24-16(4)26/h6,8-13,15H,5,7H2,1-4H3,(H,24,26)(H,25,27)/t15-/m0/s1. The van der Waals surface area contributed by atoms with Crippen molar-refractivity contribution in [2.45, 2.75) is 46.6 Å². The van der Waals surface area contributed by atoms with Gasteiger partial charge in [-0.05, 0) is 56.2 Å². The quantitative estimate of drug-likeness (QED) is 0.503. The molecule has 0 heterocycles. The van der Waals surface area contributed by atoms with Crippen LogP contribution in [0, 0.1) is 6.92 Å². The minimum atomic E-state index is -1.02. The molecule has 2 N–H and O–H groups in total. The van der Waals surface area contributed by atoms with Crippen molar-refractivity contribution in [1.29, 1.82) is 0 Å². The molecule has 0 bridgehead atoms. The van der Waals surface area contributed by atoms with Crippen LogP contribution < -0.4 is 10.6 Å². The Bertz CT molecular complexity index is 951. The highest BCUT2D eigenvalue weighted by Gasteiger charge is 2.23. The van der Waals surface area contributed by atoms with Crippen molar-refractivity contribution in [3.8, 4) is 0 Å². The fourth-order valence-corrected chi connectivity index (χ4v) is 2.86. The molecular weight excluding hydrogens is 384 g/mol. The Morgan fingerprint density at radius 3 is 2.27 bits per heavy atom. The summed E-state index contributed by atoms with van der Waals surface area (Å²) in [7, 11) is 0. The predicted molar refractivity (Wildman–Crippen MR) is 115 cm³/mol. The van der Waals surface area contributed by atoms with Crippen LogP contribution in [0.1, 0.15) is 59.9 Å². The normalized spacial score (nSPS) is 11.3. The number of esters is 1. The van der Waals surface area contributed by atoms with Crippen LogP contribution >= 0.6 is 0 Å². The topological polar surface area (TPSA) is 102 Å². The van der Waals surface area contributed by atoms with Gasteiger partial charge in [0, 0.05) is 24.6 Å². The first-order valence-corrected chi connectivity index (χ1v) is 9.75. The van der Waals surface area contributed by atoms with Crippen molar-refractivity contribution in [3.05, 3.63) is 59.2 Å². The average Bonchev–Trinajstić information content (AvgIpc) is 2.69. The Labute approximate surface area is 175 Å². The molecule has 2 amide bonds. The third-order valence-corrected chi connectivity index (χ3v) is 4.38. The van der Waals surface area contributed by atoms with Gasteiger partial charge < -0.3 is 15.4 Å². The highest BCUT2D eigenvalue weighted by atomic mass is 16.5. The summed E-state index contributed by atoms with van der Waals surface area (Å²) in [6, 6.07) is 11.4. The molecule has 0 unspecified atom stereocenters. The fourth-order valence-electron chi connectivity index (χ4n) is 2.86. The molecule has 0 fully saturated rings. The van der Waals surface area contributed by atoms with Crippen LogP contribution in [0.25, 0.3) is 0 Å². The number of rotatable bonds is 8. The number of carbonyl (C=O) groups excluding carboxylic acids is 4. The van der Waals surface area contributed by atoms with Crippen molar-refractivity contribution in [2.75, 3.05) is 10.6 Å². The molecule has 158 valence electrons. The predicted octanol–water partition coefficient (Wildman–Crippen LogP) is 4.12. The minimum Gasteiger partial charge on any atom is -0.451 e. The Hall–Kier alpha value is -3.48. The first-order valence-electron chi connectivity index (χ1n) is 9.75. The number of aryl methyl sites for hydroxylation is 1. The highest BCUT2D eigenvalue weighted by Crippen LogP contribution is 2.22. The lowest BCUT2D eigenvalue weighted by molar-refractivity contribution is -0.116. The van der Waals surface area contributed by atoms with Crippen LogP contribution in [-0.4, -0.2) is 29.7 Å². The molecule has 30 heavy (non-hydrogen) atoms. The van der Waals surface area contributed by atoms with Gasteiger partial charge in [-0.25, -0.2) is 4.79 Å². The van der Waals surface area contributed by atoms with Crippen molar-refractivity contribution in [1.82, 2.24) is 0 Å². The van der Waals surface area contributed by atoms with Gasteiger partial charge in [0.15, 0.2) is 6.10 Å². The van der Waals surface area contributed by atoms with Crippen LogP contribution in [0.4, 0.5) is 11.4 Å². The smallest absolute Gasteiger partial charge is 0.340 e. The Kier molecular flexibility index (Phi) is 7.86. The van der Waals surface area contributed by atoms with Crippen molar-refractivity contribution in [3.63, 3.8) is 0 Å². The molecule has 2 aromatic rings. The van der Waals surface area contributed by atoms with Gasteiger partial charge in [-0.1, -0.05) is 19.1 Å². The van der Waals surface area contributed by atoms with E-state index >= 15 is 0 Å². The summed E-state index contributed by atoms with van der Waals surface area (Å²) >= 11 is 0. The first-order chi connectivity index (χ1) is 14.2. The maximum Gasteiger partial charge on any atom is 0.340 e. The second-order valence-corrected chi connectivity index (χ2v) is 6.97. The monoisotopic (exact) mass is 410 g/mol. The third-order valence-electron chi connectivity index (χ3n) is 4.38. The number of benzene rings is 2. The van der Waals surface area contributed by atoms with Crippen molar-refractivity contribution in [2.24, 2.45) is 0 Å². The van der Waals surface area contributed by atoms with E-state index in [4.69, 9.17) is 4.74 Å². The number of hydrogen-bond acceptors (Lipinski definition) is 5. The van der Waals surface area contributed by atoms with E-state index in [0.717, 1.165) is 6.42 Å². The van der Waals surface area contributed by atoms with Crippen LogP contribution in [-0.2, 0) is 14.3 Å². The molecule has 0 saturated carbocycles. The minimum absolute atomic E-state index is 0.0907. The van der Waals surface area contributed by atoms with E-state index < -0.39 is 12.1 Å². The van der Waals surface area contributed by atoms with Crippen LogP contribution in [0.2, 0.25) is 0 Å². The Morgan fingerprint density at radius 2 is 1.67 bits per heavy atom. The van der Waals surface area contributed by atoms with Gasteiger partial charge >= 0.3 is 5.97 Å². The van der Waals surface area contributed by atoms with Gasteiger partial charge in [-0.2, -0.15) is 0 Å². The maximum absolute atomic E-state index is 12.6. The van der Waals surface area contributed by atoms with E-state index in [-0.39, 0.29) is 23.2 Å². The largest absolute Gasteiger partial charge is 0.451 e. The van der Waals surface area contributed by atoms with Gasteiger partial charge in [0.25, 0.3) is 0 Å². The first kappa shape index (κ1) is 22.8. The van der Waals surface area contributed by atoms with Crippen molar-refractivity contribution < 1.29 is 23.9 Å². The number of para-hydroxylation sites is 1. The Morgan fingerprint density at radius 1 is 1.00 bits per heavy atom. The molecule has 0 aromatic heterocycles. The van der Waals surface area contributed by atoms with Gasteiger partial charge in [0.1, 0.15) is 0 Å². The molecule has 1 atom stereocenters. The number of amides is 2. The summed E-state index contributed by atoms with van der Waals surface area (Å²) in [6.07, 6.45) is 0.145. The number of Topliss-reactive ketones (excluding diaryl/α,β-unsaturated/α-hetero) is 1. The average molecular weight is 410 g/mol. The highest BCUT2D eigenvalue weighted by molar-refractivity contribution is 6.05. The Balaban J connectivity index is 2.09. The molecule has 0 aliphatic heterocycles. The summed E-state index contributed by atoms with van der Waals surface area (Å²) in [4.78, 5) is 48.3. The van der Waals surface area contributed by atoms with Crippen LogP contribution in [0.5, 0.6) is 0 Å². The fraction of sp³-hybridized carbons (Fsp3) is 0.304. The summed E-state index contributed by atoms with van der Waals surface area (Å²) in [5.41, 5.74) is 2.20. The number of ketones is 1. The lowest BCUT2D eigenvalue weighted by atomic mass is 10.1. The van der Waals surface area contributed by atoms with Crippen molar-refractivity contribution >= 4 is 34.9 Å². The number of ether oxygens (including phenoxy) is 1. The molecule has 7 heteroatoms. The van der Waals surface area contributed by atoms with Gasteiger partial charge in [0.2, 0.25) is 17.6 Å². The van der Waals surface area contributed by atoms with E-state index in [1.54, 1.807) is 43.3 Å². The lowest BCUT2D eigenvalue weighted by Gasteiger charge is -2.16. The zero-order chi connectivity index (χ0) is 22.3. The third kappa shape index (κ3) is 6.01. The van der Waals surface area contributed by atoms with Crippen LogP contribution in [0.15, 0.2) is 42.5 Å². The molecule has 0 spiro atoms. The maximum atomic E-state index is 12.6. The lowest BCUT2D eigenvalue weighted by Crippen LogP contribution is -2.25. The van der Waals surface area contributed by atoms with E-state index in [9.17, 15) is 19.2 Å². The number of nitrogens with one attached hydrogen (secondary N) is 2. The molecule has 2 aromatic carbocycles. The van der Waals surface area contributed by atoms with E-state index in [2.05, 4.69) is 10.6 Å². The molecule has 2 rings (SSSR count). The summed E-state index contributed by atoms with van der Waals surface area (Å²) in [5.74, 6) is -1.48. The van der Waals surface area contributed by atoms with Gasteiger partial charge in [-0.15, -0.1) is 0 Å². The molecule has 7 nitrogen and oxygen atoms in total. The molecule has 0 aliphatic carbocycles. The van der Waals surface area contributed by atoms with Gasteiger partial charge in [0.05, 0.1) is 11.3 Å². The second-order valence-electron chi connectivity index (χ2n) is 6.97. The molecule has 0 radical (unpaired) electrons. The number of carbonyl (C=O) groups is 4. The van der Waals surface area contributed by atoms with E-state index in [1.165, 1.54) is 19.9 Å². The number of anilines is 2. The molecular formula is C23H26N2O5. The van der Waals surface area contributed by atoms with E-state index in [1.807, 2.05) is 6.92 Å². The summed E-state index contributed by atoms with van der Waals surface area (Å²) < 4.78 is 5.35. The molecule has 0 saturated heterocycles. The van der Waals surface area contributed by atoms with E-state index in [0.29, 0.717) is 28.9 Å². The van der Waals surface area contributed by atoms with Gasteiger partial charge in [-0.3, -0.25) is 14.4 Å². The summed E-state index contributed by atoms with van der Waals surface area (Å²) in [5, 5.41) is 5.38. The second kappa shape index (κ2) is 10.3. The zero-order valence-corrected chi connectivity index (χ0v) is 17.6.